The molecule has 0 saturated heterocycles. The number of methoxy groups -OCH3 is 1. The van der Waals surface area contributed by atoms with Crippen molar-refractivity contribution in [2.45, 2.75) is 6.04 Å². The summed E-state index contributed by atoms with van der Waals surface area (Å²) >= 11 is 0. The number of nitrogens with zero attached hydrogens (tertiary/aromatic N) is 2. The molecule has 0 heterocycles. The van der Waals surface area contributed by atoms with Crippen LogP contribution in [0.5, 0.6) is 0 Å². The third-order valence-electron chi connectivity index (χ3n) is 0.696. The molecule has 1 N–H and O–H groups in total. The fraction of sp³-hybridized carbons (Fsp3) is 0.500. The number of nitrogens with one attached hydrogen (secondary N) is 1. The molecule has 0 spiro atoms. The lowest BCUT2D eigenvalue weighted by atomic mass is 10.3. The lowest BCUT2D eigenvalue weighted by molar-refractivity contribution is 0.385. The second kappa shape index (κ2) is 3.55. The number of nitriles is 1. The van der Waals surface area contributed by atoms with Gasteiger partial charge in [0.1, 0.15) is 6.07 Å². The van der Waals surface area contributed by atoms with E-state index in [-0.39, 0.29) is 0 Å². The van der Waals surface area contributed by atoms with Crippen molar-refractivity contribution in [3.8, 4) is 6.07 Å². The van der Waals surface area contributed by atoms with Gasteiger partial charge in [-0.05, 0) is 5.18 Å². The number of hydrogen-bond acceptors (Lipinski definition) is 5. The predicted octanol–water partition coefficient (Wildman–Crippen LogP) is 0.269. The maximum atomic E-state index is 9.64. The highest BCUT2D eigenvalue weighted by molar-refractivity contribution is 5.81. The van der Waals surface area contributed by atoms with Gasteiger partial charge >= 0.3 is 0 Å². The van der Waals surface area contributed by atoms with Crippen LogP contribution in [0.1, 0.15) is 0 Å². The normalized spacial score (nSPS) is 11.1. The highest BCUT2D eigenvalue weighted by Crippen LogP contribution is 1.90. The van der Waals surface area contributed by atoms with E-state index in [1.807, 2.05) is 0 Å². The molecule has 0 aliphatic rings. The molecule has 0 saturated carbocycles. The molecule has 0 rings (SSSR count). The zero-order chi connectivity index (χ0) is 7.28. The first-order valence-corrected chi connectivity index (χ1v) is 2.10. The van der Waals surface area contributed by atoms with E-state index in [0.29, 0.717) is 0 Å². The fourth-order valence-electron chi connectivity index (χ4n) is 0.242. The number of rotatable bonds is 2. The van der Waals surface area contributed by atoms with Gasteiger partial charge in [-0.3, -0.25) is 5.41 Å². The number of hydrogen-bond donors (Lipinski definition) is 1. The van der Waals surface area contributed by atoms with Crippen LogP contribution in [0.3, 0.4) is 0 Å². The zero-order valence-corrected chi connectivity index (χ0v) is 4.79. The molecular weight excluding hydrogens is 122 g/mol. The molecule has 48 valence electrons. The van der Waals surface area contributed by atoms with Crippen LogP contribution in [0.25, 0.3) is 0 Å². The van der Waals surface area contributed by atoms with Crippen molar-refractivity contribution in [3.05, 3.63) is 4.91 Å². The summed E-state index contributed by atoms with van der Waals surface area (Å²) in [7, 11) is 1.21. The second-order valence-electron chi connectivity index (χ2n) is 1.21. The van der Waals surface area contributed by atoms with Crippen LogP contribution < -0.4 is 0 Å². The van der Waals surface area contributed by atoms with Gasteiger partial charge in [0.25, 0.3) is 6.04 Å². The third kappa shape index (κ3) is 1.86. The highest BCUT2D eigenvalue weighted by Gasteiger charge is 2.13. The molecule has 1 atom stereocenters. The Morgan fingerprint density at radius 1 is 2.00 bits per heavy atom. The standard InChI is InChI=1S/C4H5N3O2/c1-9-4(6)3(2-5)7-8/h3,6H,1H3. The average molecular weight is 127 g/mol. The van der Waals surface area contributed by atoms with Crippen molar-refractivity contribution >= 4 is 5.90 Å². The van der Waals surface area contributed by atoms with Gasteiger partial charge in [-0.2, -0.15) is 5.26 Å². The first-order chi connectivity index (χ1) is 4.26. The molecule has 0 aromatic rings. The summed E-state index contributed by atoms with van der Waals surface area (Å²) in [5.74, 6) is -0.424. The molecule has 1 unspecified atom stereocenters. The number of nitroso groups, excluding NO2 is 1. The van der Waals surface area contributed by atoms with Gasteiger partial charge in [-0.25, -0.2) is 0 Å². The summed E-state index contributed by atoms with van der Waals surface area (Å²) < 4.78 is 4.26. The van der Waals surface area contributed by atoms with Gasteiger partial charge < -0.3 is 4.74 Å². The first-order valence-electron chi connectivity index (χ1n) is 2.10. The minimum Gasteiger partial charge on any atom is -0.482 e. The molecule has 9 heavy (non-hydrogen) atoms. The molecule has 0 aromatic heterocycles. The van der Waals surface area contributed by atoms with Crippen LogP contribution in [0, 0.1) is 21.6 Å². The quantitative estimate of drug-likeness (QED) is 0.328. The van der Waals surface area contributed by atoms with Crippen LogP contribution in [-0.2, 0) is 4.74 Å². The molecule has 5 nitrogen and oxygen atoms in total. The summed E-state index contributed by atoms with van der Waals surface area (Å²) in [5, 5.41) is 17.1. The number of ether oxygens (including phenoxy) is 1. The molecule has 5 heteroatoms. The van der Waals surface area contributed by atoms with Crippen LogP contribution in [0.2, 0.25) is 0 Å². The summed E-state index contributed by atoms with van der Waals surface area (Å²) in [5.41, 5.74) is 0. The SMILES string of the molecule is COC(=N)C(C#N)N=O. The molecule has 0 aromatic carbocycles. The molecule has 0 fully saturated rings. The Bertz CT molecular complexity index is 160. The summed E-state index contributed by atoms with van der Waals surface area (Å²) in [6, 6.07) is 0.177. The van der Waals surface area contributed by atoms with E-state index in [0.717, 1.165) is 0 Å². The predicted molar refractivity (Wildman–Crippen MR) is 29.9 cm³/mol. The monoisotopic (exact) mass is 127 g/mol. The lowest BCUT2D eigenvalue weighted by Gasteiger charge is -1.97. The third-order valence-corrected chi connectivity index (χ3v) is 0.696. The molecule has 0 aliphatic heterocycles. The zero-order valence-electron chi connectivity index (χ0n) is 4.79. The van der Waals surface area contributed by atoms with E-state index in [2.05, 4.69) is 9.91 Å². The molecule has 0 aliphatic carbocycles. The van der Waals surface area contributed by atoms with Gasteiger partial charge in [0.2, 0.25) is 5.90 Å². The summed E-state index contributed by atoms with van der Waals surface area (Å²) in [4.78, 5) is 9.64. The average Bonchev–Trinajstić information content (AvgIpc) is 1.90. The van der Waals surface area contributed by atoms with E-state index in [9.17, 15) is 4.91 Å². The smallest absolute Gasteiger partial charge is 0.252 e. The van der Waals surface area contributed by atoms with E-state index >= 15 is 0 Å². The second-order valence-corrected chi connectivity index (χ2v) is 1.21. The van der Waals surface area contributed by atoms with Crippen molar-refractivity contribution < 1.29 is 4.74 Å². The fourth-order valence-corrected chi connectivity index (χ4v) is 0.242. The van der Waals surface area contributed by atoms with Crippen LogP contribution in [0.4, 0.5) is 0 Å². The largest absolute Gasteiger partial charge is 0.482 e. The minimum atomic E-state index is -1.30. The Morgan fingerprint density at radius 2 is 2.56 bits per heavy atom. The Morgan fingerprint density at radius 3 is 2.67 bits per heavy atom. The highest BCUT2D eigenvalue weighted by atomic mass is 16.5. The van der Waals surface area contributed by atoms with E-state index < -0.39 is 11.9 Å². The molecular formula is C4H5N3O2. The Labute approximate surface area is 51.7 Å². The van der Waals surface area contributed by atoms with Crippen molar-refractivity contribution in [2.24, 2.45) is 5.18 Å². The summed E-state index contributed by atoms with van der Waals surface area (Å²) in [6.07, 6.45) is 0. The van der Waals surface area contributed by atoms with E-state index in [4.69, 9.17) is 10.7 Å². The lowest BCUT2D eigenvalue weighted by Crippen LogP contribution is -2.16. The maximum absolute atomic E-state index is 9.64. The topological polar surface area (TPSA) is 86.3 Å². The Kier molecular flexibility index (Phi) is 2.98. The van der Waals surface area contributed by atoms with Gasteiger partial charge in [-0.15, -0.1) is 4.91 Å². The minimum absolute atomic E-state index is 0.424. The molecule has 0 amide bonds. The van der Waals surface area contributed by atoms with Gasteiger partial charge in [0.15, 0.2) is 0 Å². The van der Waals surface area contributed by atoms with Crippen LogP contribution in [-0.4, -0.2) is 19.0 Å². The summed E-state index contributed by atoms with van der Waals surface area (Å²) in [6.45, 7) is 0. The van der Waals surface area contributed by atoms with Crippen molar-refractivity contribution in [1.82, 2.24) is 0 Å². The first kappa shape index (κ1) is 7.56. The maximum Gasteiger partial charge on any atom is 0.252 e. The van der Waals surface area contributed by atoms with Crippen molar-refractivity contribution in [1.29, 1.82) is 10.7 Å². The van der Waals surface area contributed by atoms with E-state index in [1.54, 1.807) is 0 Å². The van der Waals surface area contributed by atoms with E-state index in [1.165, 1.54) is 13.2 Å². The van der Waals surface area contributed by atoms with Crippen LogP contribution in [0.15, 0.2) is 5.18 Å². The Hall–Kier alpha value is -1.44. The van der Waals surface area contributed by atoms with Crippen molar-refractivity contribution in [3.63, 3.8) is 0 Å². The molecule has 0 bridgehead atoms. The molecule has 0 radical (unpaired) electrons. The van der Waals surface area contributed by atoms with Crippen molar-refractivity contribution in [2.75, 3.05) is 7.11 Å². The Balaban J connectivity index is 3.99. The van der Waals surface area contributed by atoms with Crippen LogP contribution >= 0.6 is 0 Å². The van der Waals surface area contributed by atoms with Gasteiger partial charge in [-0.1, -0.05) is 0 Å². The van der Waals surface area contributed by atoms with Gasteiger partial charge in [0, 0.05) is 0 Å². The van der Waals surface area contributed by atoms with Gasteiger partial charge in [0.05, 0.1) is 7.11 Å².